The van der Waals surface area contributed by atoms with Crippen LogP contribution >= 0.6 is 0 Å². The minimum atomic E-state index is -0.511. The van der Waals surface area contributed by atoms with E-state index in [1.807, 2.05) is 51.1 Å². The van der Waals surface area contributed by atoms with Crippen LogP contribution in [0.2, 0.25) is 0 Å². The van der Waals surface area contributed by atoms with Crippen molar-refractivity contribution in [3.05, 3.63) is 30.3 Å². The second-order valence-electron chi connectivity index (χ2n) is 6.80. The van der Waals surface area contributed by atoms with Crippen molar-refractivity contribution in [2.45, 2.75) is 32.8 Å². The third-order valence-electron chi connectivity index (χ3n) is 3.61. The molecule has 1 heterocycles. The summed E-state index contributed by atoms with van der Waals surface area (Å²) in [5.41, 5.74) is -0.511. The van der Waals surface area contributed by atoms with Gasteiger partial charge >= 0.3 is 6.09 Å². The van der Waals surface area contributed by atoms with Crippen LogP contribution in [0.1, 0.15) is 27.2 Å². The van der Waals surface area contributed by atoms with Gasteiger partial charge in [0.2, 0.25) is 0 Å². The summed E-state index contributed by atoms with van der Waals surface area (Å²) < 4.78 is 10.9. The quantitative estimate of drug-likeness (QED) is 0.852. The fourth-order valence-corrected chi connectivity index (χ4v) is 2.43. The van der Waals surface area contributed by atoms with E-state index in [1.165, 1.54) is 0 Å². The Hall–Kier alpha value is -2.24. The van der Waals surface area contributed by atoms with E-state index in [1.54, 1.807) is 9.80 Å². The maximum atomic E-state index is 12.3. The molecule has 0 saturated carbocycles. The maximum Gasteiger partial charge on any atom is 0.410 e. The first-order valence-corrected chi connectivity index (χ1v) is 8.29. The van der Waals surface area contributed by atoms with Crippen molar-refractivity contribution in [2.24, 2.45) is 0 Å². The normalized spacial score (nSPS) is 15.6. The molecule has 0 N–H and O–H groups in total. The number of ether oxygens (including phenoxy) is 2. The number of amides is 2. The maximum absolute atomic E-state index is 12.3. The Bertz CT molecular complexity index is 554. The summed E-state index contributed by atoms with van der Waals surface area (Å²) in [6.07, 6.45) is 0.411. The standard InChI is InChI=1S/C18H26N2O4/c1-18(2,3)24-17(22)20-11-7-10-19(12-13-20)16(21)14-23-15-8-5-4-6-9-15/h4-6,8-9H,7,10-14H2,1-3H3. The molecule has 0 bridgehead atoms. The lowest BCUT2D eigenvalue weighted by molar-refractivity contribution is -0.133. The van der Waals surface area contributed by atoms with E-state index >= 15 is 0 Å². The van der Waals surface area contributed by atoms with Crippen molar-refractivity contribution >= 4 is 12.0 Å². The second kappa shape index (κ2) is 8.04. The molecule has 2 amide bonds. The summed E-state index contributed by atoms with van der Waals surface area (Å²) in [4.78, 5) is 27.8. The van der Waals surface area contributed by atoms with Crippen molar-refractivity contribution in [2.75, 3.05) is 32.8 Å². The minimum Gasteiger partial charge on any atom is -0.484 e. The molecule has 6 heteroatoms. The number of benzene rings is 1. The lowest BCUT2D eigenvalue weighted by Crippen LogP contribution is -2.41. The van der Waals surface area contributed by atoms with E-state index in [-0.39, 0.29) is 18.6 Å². The van der Waals surface area contributed by atoms with Crippen LogP contribution in [-0.4, -0.2) is 60.2 Å². The summed E-state index contributed by atoms with van der Waals surface area (Å²) in [6, 6.07) is 9.27. The number of hydrogen-bond acceptors (Lipinski definition) is 4. The molecule has 0 radical (unpaired) electrons. The summed E-state index contributed by atoms with van der Waals surface area (Å²) in [6.45, 7) is 7.74. The molecular weight excluding hydrogens is 308 g/mol. The molecule has 1 aromatic rings. The highest BCUT2D eigenvalue weighted by atomic mass is 16.6. The van der Waals surface area contributed by atoms with Crippen LogP contribution in [0.3, 0.4) is 0 Å². The van der Waals surface area contributed by atoms with Gasteiger partial charge in [0, 0.05) is 26.2 Å². The molecule has 1 aromatic carbocycles. The zero-order chi connectivity index (χ0) is 17.6. The average molecular weight is 334 g/mol. The van der Waals surface area contributed by atoms with E-state index in [4.69, 9.17) is 9.47 Å². The lowest BCUT2D eigenvalue weighted by Gasteiger charge is -2.26. The number of nitrogens with zero attached hydrogens (tertiary/aromatic N) is 2. The van der Waals surface area contributed by atoms with Crippen LogP contribution in [0.5, 0.6) is 5.75 Å². The van der Waals surface area contributed by atoms with E-state index in [9.17, 15) is 9.59 Å². The Morgan fingerprint density at radius 3 is 2.29 bits per heavy atom. The van der Waals surface area contributed by atoms with E-state index < -0.39 is 5.60 Å². The Morgan fingerprint density at radius 2 is 1.62 bits per heavy atom. The SMILES string of the molecule is CC(C)(C)OC(=O)N1CCCN(C(=O)COc2ccccc2)CC1. The van der Waals surface area contributed by atoms with Crippen LogP contribution in [0.25, 0.3) is 0 Å². The molecule has 0 spiro atoms. The fraction of sp³-hybridized carbons (Fsp3) is 0.556. The Balaban J connectivity index is 1.81. The van der Waals surface area contributed by atoms with Crippen LogP contribution in [-0.2, 0) is 9.53 Å². The van der Waals surface area contributed by atoms with Gasteiger partial charge in [0.15, 0.2) is 6.61 Å². The summed E-state index contributed by atoms with van der Waals surface area (Å²) >= 11 is 0. The first-order chi connectivity index (χ1) is 11.3. The third-order valence-corrected chi connectivity index (χ3v) is 3.61. The van der Waals surface area contributed by atoms with Gasteiger partial charge in [-0.2, -0.15) is 0 Å². The van der Waals surface area contributed by atoms with Gasteiger partial charge in [0.1, 0.15) is 11.4 Å². The monoisotopic (exact) mass is 334 g/mol. The summed E-state index contributed by atoms with van der Waals surface area (Å²) in [7, 11) is 0. The van der Waals surface area contributed by atoms with E-state index in [0.29, 0.717) is 31.9 Å². The Morgan fingerprint density at radius 1 is 1.00 bits per heavy atom. The zero-order valence-corrected chi connectivity index (χ0v) is 14.7. The van der Waals surface area contributed by atoms with Crippen molar-refractivity contribution in [3.8, 4) is 5.75 Å². The van der Waals surface area contributed by atoms with Crippen LogP contribution < -0.4 is 4.74 Å². The number of carbonyl (C=O) groups excluding carboxylic acids is 2. The van der Waals surface area contributed by atoms with Crippen molar-refractivity contribution in [1.29, 1.82) is 0 Å². The zero-order valence-electron chi connectivity index (χ0n) is 14.7. The number of hydrogen-bond donors (Lipinski definition) is 0. The molecule has 1 aliphatic heterocycles. The van der Waals surface area contributed by atoms with Crippen LogP contribution in [0.4, 0.5) is 4.79 Å². The molecule has 1 saturated heterocycles. The highest BCUT2D eigenvalue weighted by Crippen LogP contribution is 2.13. The molecule has 1 aliphatic rings. The first kappa shape index (κ1) is 18.1. The van der Waals surface area contributed by atoms with Crippen LogP contribution in [0, 0.1) is 0 Å². The van der Waals surface area contributed by atoms with Gasteiger partial charge in [-0.25, -0.2) is 4.79 Å². The summed E-state index contributed by atoms with van der Waals surface area (Å²) in [5.74, 6) is 0.612. The van der Waals surface area contributed by atoms with Gasteiger partial charge < -0.3 is 19.3 Å². The predicted molar refractivity (Wildman–Crippen MR) is 90.9 cm³/mol. The van der Waals surface area contributed by atoms with Gasteiger partial charge in [0.25, 0.3) is 5.91 Å². The molecule has 6 nitrogen and oxygen atoms in total. The van der Waals surface area contributed by atoms with Gasteiger partial charge in [0.05, 0.1) is 0 Å². The first-order valence-electron chi connectivity index (χ1n) is 8.29. The van der Waals surface area contributed by atoms with Gasteiger partial charge in [-0.3, -0.25) is 4.79 Å². The van der Waals surface area contributed by atoms with E-state index in [2.05, 4.69) is 0 Å². The van der Waals surface area contributed by atoms with E-state index in [0.717, 1.165) is 6.42 Å². The van der Waals surface area contributed by atoms with Crippen molar-refractivity contribution in [3.63, 3.8) is 0 Å². The highest BCUT2D eigenvalue weighted by Gasteiger charge is 2.25. The largest absolute Gasteiger partial charge is 0.484 e. The van der Waals surface area contributed by atoms with Crippen molar-refractivity contribution in [1.82, 2.24) is 9.80 Å². The van der Waals surface area contributed by atoms with Gasteiger partial charge in [-0.15, -0.1) is 0 Å². The fourth-order valence-electron chi connectivity index (χ4n) is 2.43. The number of carbonyl (C=O) groups is 2. The minimum absolute atomic E-state index is 0.0104. The molecular formula is C18H26N2O4. The second-order valence-corrected chi connectivity index (χ2v) is 6.80. The average Bonchev–Trinajstić information content (AvgIpc) is 2.78. The predicted octanol–water partition coefficient (Wildman–Crippen LogP) is 2.53. The Kier molecular flexibility index (Phi) is 6.06. The van der Waals surface area contributed by atoms with Gasteiger partial charge in [-0.1, -0.05) is 18.2 Å². The topological polar surface area (TPSA) is 59.1 Å². The van der Waals surface area contributed by atoms with Crippen LogP contribution in [0.15, 0.2) is 30.3 Å². The molecule has 0 aromatic heterocycles. The molecule has 0 atom stereocenters. The molecule has 1 fully saturated rings. The Labute approximate surface area is 143 Å². The lowest BCUT2D eigenvalue weighted by atomic mass is 10.2. The highest BCUT2D eigenvalue weighted by molar-refractivity contribution is 5.78. The third kappa shape index (κ3) is 5.76. The molecule has 24 heavy (non-hydrogen) atoms. The molecule has 0 aliphatic carbocycles. The smallest absolute Gasteiger partial charge is 0.410 e. The summed E-state index contributed by atoms with van der Waals surface area (Å²) in [5, 5.41) is 0. The molecule has 132 valence electrons. The van der Waals surface area contributed by atoms with Gasteiger partial charge in [-0.05, 0) is 39.3 Å². The molecule has 2 rings (SSSR count). The number of rotatable bonds is 3. The number of para-hydroxylation sites is 1. The van der Waals surface area contributed by atoms with Crippen molar-refractivity contribution < 1.29 is 19.1 Å². The molecule has 0 unspecified atom stereocenters.